The Hall–Kier alpha value is -2.07. The number of ether oxygens (including phenoxy) is 2. The smallest absolute Gasteiger partial charge is 0.165 e. The van der Waals surface area contributed by atoms with Crippen molar-refractivity contribution in [3.63, 3.8) is 0 Å². The second kappa shape index (κ2) is 6.39. The molecule has 0 aliphatic carbocycles. The summed E-state index contributed by atoms with van der Waals surface area (Å²) in [6, 6.07) is 11.7. The highest BCUT2D eigenvalue weighted by Crippen LogP contribution is 2.22. The van der Waals surface area contributed by atoms with E-state index >= 15 is 0 Å². The zero-order valence-electron chi connectivity index (χ0n) is 11.5. The molecular formula is C16H17FO3. The van der Waals surface area contributed by atoms with E-state index in [1.807, 2.05) is 6.92 Å². The third kappa shape index (κ3) is 3.48. The van der Waals surface area contributed by atoms with Crippen molar-refractivity contribution in [2.75, 3.05) is 13.7 Å². The molecule has 0 fully saturated rings. The van der Waals surface area contributed by atoms with Crippen molar-refractivity contribution in [3.05, 3.63) is 59.4 Å². The van der Waals surface area contributed by atoms with Crippen molar-refractivity contribution in [2.45, 2.75) is 13.0 Å². The molecule has 3 nitrogen and oxygen atoms in total. The summed E-state index contributed by atoms with van der Waals surface area (Å²) >= 11 is 0. The van der Waals surface area contributed by atoms with Crippen molar-refractivity contribution < 1.29 is 19.0 Å². The van der Waals surface area contributed by atoms with Crippen LogP contribution in [-0.4, -0.2) is 18.8 Å². The van der Waals surface area contributed by atoms with Crippen molar-refractivity contribution in [2.24, 2.45) is 0 Å². The molecule has 0 amide bonds. The SMILES string of the molecule is COc1cccc(C(O)COc2cc(C)ccc2F)c1. The first kappa shape index (κ1) is 14.3. The predicted octanol–water partition coefficient (Wildman–Crippen LogP) is 3.26. The van der Waals surface area contributed by atoms with E-state index < -0.39 is 11.9 Å². The van der Waals surface area contributed by atoms with E-state index in [1.54, 1.807) is 43.5 Å². The fourth-order valence-corrected chi connectivity index (χ4v) is 1.83. The van der Waals surface area contributed by atoms with Gasteiger partial charge in [0, 0.05) is 0 Å². The largest absolute Gasteiger partial charge is 0.497 e. The summed E-state index contributed by atoms with van der Waals surface area (Å²) in [5.74, 6) is 0.365. The van der Waals surface area contributed by atoms with Crippen LogP contribution in [0.2, 0.25) is 0 Å². The number of rotatable bonds is 5. The van der Waals surface area contributed by atoms with Crippen LogP contribution in [0.5, 0.6) is 11.5 Å². The van der Waals surface area contributed by atoms with Crippen molar-refractivity contribution >= 4 is 0 Å². The molecule has 106 valence electrons. The standard InChI is InChI=1S/C16H17FO3/c1-11-6-7-14(17)16(8-11)20-10-15(18)12-4-3-5-13(9-12)19-2/h3-9,15,18H,10H2,1-2H3. The van der Waals surface area contributed by atoms with Crippen LogP contribution in [0.25, 0.3) is 0 Å². The average molecular weight is 276 g/mol. The molecule has 0 spiro atoms. The summed E-state index contributed by atoms with van der Waals surface area (Å²) in [5, 5.41) is 10.1. The maximum absolute atomic E-state index is 13.5. The topological polar surface area (TPSA) is 38.7 Å². The molecule has 4 heteroatoms. The monoisotopic (exact) mass is 276 g/mol. The van der Waals surface area contributed by atoms with Gasteiger partial charge in [-0.1, -0.05) is 18.2 Å². The van der Waals surface area contributed by atoms with Gasteiger partial charge in [0.15, 0.2) is 11.6 Å². The van der Waals surface area contributed by atoms with Gasteiger partial charge in [-0.05, 0) is 42.3 Å². The van der Waals surface area contributed by atoms with Gasteiger partial charge in [-0.25, -0.2) is 4.39 Å². The molecule has 0 heterocycles. The Bertz CT molecular complexity index is 584. The Labute approximate surface area is 117 Å². The number of hydrogen-bond donors (Lipinski definition) is 1. The van der Waals surface area contributed by atoms with Crippen molar-refractivity contribution in [1.29, 1.82) is 0 Å². The van der Waals surface area contributed by atoms with Gasteiger partial charge < -0.3 is 14.6 Å². The molecule has 0 saturated heterocycles. The lowest BCUT2D eigenvalue weighted by Crippen LogP contribution is -2.10. The number of hydrogen-bond acceptors (Lipinski definition) is 3. The van der Waals surface area contributed by atoms with Gasteiger partial charge in [-0.2, -0.15) is 0 Å². The third-order valence-electron chi connectivity index (χ3n) is 2.96. The number of aliphatic hydroxyl groups excluding tert-OH is 1. The van der Waals surface area contributed by atoms with Crippen LogP contribution in [0.15, 0.2) is 42.5 Å². The highest BCUT2D eigenvalue weighted by atomic mass is 19.1. The molecular weight excluding hydrogens is 259 g/mol. The zero-order chi connectivity index (χ0) is 14.5. The van der Waals surface area contributed by atoms with Crippen LogP contribution in [0.4, 0.5) is 4.39 Å². The van der Waals surface area contributed by atoms with E-state index in [-0.39, 0.29) is 12.4 Å². The molecule has 20 heavy (non-hydrogen) atoms. The molecule has 2 aromatic carbocycles. The molecule has 0 saturated carbocycles. The Kier molecular flexibility index (Phi) is 4.58. The quantitative estimate of drug-likeness (QED) is 0.911. The van der Waals surface area contributed by atoms with E-state index in [4.69, 9.17) is 9.47 Å². The Morgan fingerprint density at radius 3 is 2.75 bits per heavy atom. The number of aliphatic hydroxyl groups is 1. The number of aryl methyl sites for hydroxylation is 1. The summed E-state index contributed by atoms with van der Waals surface area (Å²) in [7, 11) is 1.56. The first-order chi connectivity index (χ1) is 9.60. The summed E-state index contributed by atoms with van der Waals surface area (Å²) in [6.07, 6.45) is -0.843. The van der Waals surface area contributed by atoms with E-state index in [0.29, 0.717) is 11.3 Å². The number of benzene rings is 2. The van der Waals surface area contributed by atoms with E-state index in [9.17, 15) is 9.50 Å². The molecule has 1 N–H and O–H groups in total. The van der Waals surface area contributed by atoms with Crippen LogP contribution >= 0.6 is 0 Å². The van der Waals surface area contributed by atoms with Crippen LogP contribution in [0.3, 0.4) is 0 Å². The molecule has 0 aliphatic heterocycles. The lowest BCUT2D eigenvalue weighted by Gasteiger charge is -2.14. The minimum absolute atomic E-state index is 0.0203. The molecule has 0 aromatic heterocycles. The molecule has 1 atom stereocenters. The molecule has 0 aliphatic rings. The Morgan fingerprint density at radius 1 is 1.20 bits per heavy atom. The van der Waals surface area contributed by atoms with Gasteiger partial charge in [0.25, 0.3) is 0 Å². The van der Waals surface area contributed by atoms with Crippen LogP contribution < -0.4 is 9.47 Å². The minimum atomic E-state index is -0.843. The van der Waals surface area contributed by atoms with Gasteiger partial charge in [-0.15, -0.1) is 0 Å². The van der Waals surface area contributed by atoms with Gasteiger partial charge in [-0.3, -0.25) is 0 Å². The second-order valence-electron chi connectivity index (χ2n) is 4.54. The normalized spacial score (nSPS) is 12.0. The van der Waals surface area contributed by atoms with Gasteiger partial charge in [0.2, 0.25) is 0 Å². The molecule has 2 aromatic rings. The van der Waals surface area contributed by atoms with Gasteiger partial charge >= 0.3 is 0 Å². The molecule has 1 unspecified atom stereocenters. The summed E-state index contributed by atoms with van der Waals surface area (Å²) in [5.41, 5.74) is 1.56. The second-order valence-corrected chi connectivity index (χ2v) is 4.54. The van der Waals surface area contributed by atoms with Gasteiger partial charge in [0.05, 0.1) is 7.11 Å². The lowest BCUT2D eigenvalue weighted by atomic mass is 10.1. The highest BCUT2D eigenvalue weighted by molar-refractivity contribution is 5.31. The zero-order valence-corrected chi connectivity index (χ0v) is 11.5. The third-order valence-corrected chi connectivity index (χ3v) is 2.96. The van der Waals surface area contributed by atoms with Crippen LogP contribution in [0, 0.1) is 12.7 Å². The molecule has 0 bridgehead atoms. The summed E-state index contributed by atoms with van der Waals surface area (Å²) < 4.78 is 23.9. The Balaban J connectivity index is 2.04. The van der Waals surface area contributed by atoms with E-state index in [2.05, 4.69) is 0 Å². The maximum Gasteiger partial charge on any atom is 0.165 e. The van der Waals surface area contributed by atoms with Crippen LogP contribution in [0.1, 0.15) is 17.2 Å². The minimum Gasteiger partial charge on any atom is -0.497 e. The summed E-state index contributed by atoms with van der Waals surface area (Å²) in [6.45, 7) is 1.83. The highest BCUT2D eigenvalue weighted by Gasteiger charge is 2.11. The maximum atomic E-state index is 13.5. The van der Waals surface area contributed by atoms with Crippen molar-refractivity contribution in [1.82, 2.24) is 0 Å². The first-order valence-electron chi connectivity index (χ1n) is 6.31. The van der Waals surface area contributed by atoms with E-state index in [0.717, 1.165) is 5.56 Å². The van der Waals surface area contributed by atoms with Crippen LogP contribution in [-0.2, 0) is 0 Å². The van der Waals surface area contributed by atoms with Crippen molar-refractivity contribution in [3.8, 4) is 11.5 Å². The fourth-order valence-electron chi connectivity index (χ4n) is 1.83. The average Bonchev–Trinajstić information content (AvgIpc) is 2.48. The first-order valence-corrected chi connectivity index (χ1v) is 6.31. The summed E-state index contributed by atoms with van der Waals surface area (Å²) in [4.78, 5) is 0. The predicted molar refractivity (Wildman–Crippen MR) is 74.6 cm³/mol. The Morgan fingerprint density at radius 2 is 2.00 bits per heavy atom. The molecule has 0 radical (unpaired) electrons. The van der Waals surface area contributed by atoms with Gasteiger partial charge in [0.1, 0.15) is 18.5 Å². The van der Waals surface area contributed by atoms with E-state index in [1.165, 1.54) is 6.07 Å². The fraction of sp³-hybridized carbons (Fsp3) is 0.250. The number of halogens is 1. The lowest BCUT2D eigenvalue weighted by molar-refractivity contribution is 0.105. The molecule has 2 rings (SSSR count). The number of methoxy groups -OCH3 is 1.